The lowest BCUT2D eigenvalue weighted by molar-refractivity contribution is 0.0673. The number of furan rings is 1. The van der Waals surface area contributed by atoms with Gasteiger partial charge in [0.2, 0.25) is 0 Å². The van der Waals surface area contributed by atoms with E-state index in [0.717, 1.165) is 18.4 Å². The first-order valence-corrected chi connectivity index (χ1v) is 9.45. The Bertz CT molecular complexity index is 821. The second-order valence-corrected chi connectivity index (χ2v) is 8.43. The molecule has 23 heavy (non-hydrogen) atoms. The van der Waals surface area contributed by atoms with Crippen molar-refractivity contribution in [3.05, 3.63) is 30.4 Å². The van der Waals surface area contributed by atoms with E-state index in [0.29, 0.717) is 17.3 Å². The molecule has 1 saturated heterocycles. The maximum absolute atomic E-state index is 12.8. The zero-order chi connectivity index (χ0) is 16.0. The smallest absolute Gasteiger partial charge is 0.272 e. The van der Waals surface area contributed by atoms with Gasteiger partial charge in [-0.25, -0.2) is 8.42 Å². The van der Waals surface area contributed by atoms with Gasteiger partial charge in [0.15, 0.2) is 9.84 Å². The number of carbonyl (C=O) groups is 1. The number of rotatable bonds is 3. The fourth-order valence-electron chi connectivity index (χ4n) is 3.10. The lowest BCUT2D eigenvalue weighted by atomic mass is 10.1. The Kier molecular flexibility index (Phi) is 3.29. The van der Waals surface area contributed by atoms with Gasteiger partial charge in [0, 0.05) is 18.2 Å². The van der Waals surface area contributed by atoms with Gasteiger partial charge in [-0.15, -0.1) is 0 Å². The van der Waals surface area contributed by atoms with Crippen LogP contribution in [0.25, 0.3) is 11.3 Å². The predicted molar refractivity (Wildman–Crippen MR) is 82.5 cm³/mol. The average molecular weight is 335 g/mol. The summed E-state index contributed by atoms with van der Waals surface area (Å²) in [5, 5.41) is 6.90. The van der Waals surface area contributed by atoms with Crippen LogP contribution in [-0.2, 0) is 9.84 Å². The lowest BCUT2D eigenvalue weighted by Crippen LogP contribution is -2.52. The first-order valence-electron chi connectivity index (χ1n) is 7.63. The van der Waals surface area contributed by atoms with Crippen LogP contribution in [0.5, 0.6) is 0 Å². The minimum absolute atomic E-state index is 0.0324. The van der Waals surface area contributed by atoms with E-state index < -0.39 is 9.84 Å². The number of nitrogens with one attached hydrogen (secondary N) is 1. The first kappa shape index (κ1) is 14.5. The number of hydrogen-bond donors (Lipinski definition) is 1. The van der Waals surface area contributed by atoms with Crippen molar-refractivity contribution in [1.82, 2.24) is 15.1 Å². The molecule has 2 aromatic heterocycles. The number of nitrogens with zero attached hydrogens (tertiary/aromatic N) is 2. The van der Waals surface area contributed by atoms with Crippen molar-refractivity contribution in [3.63, 3.8) is 0 Å². The summed E-state index contributed by atoms with van der Waals surface area (Å²) in [7, 11) is -3.05. The Morgan fingerprint density at radius 3 is 2.91 bits per heavy atom. The quantitative estimate of drug-likeness (QED) is 0.912. The first-order chi connectivity index (χ1) is 11.0. The van der Waals surface area contributed by atoms with Crippen LogP contribution in [0.15, 0.2) is 29.1 Å². The van der Waals surface area contributed by atoms with E-state index in [1.54, 1.807) is 29.6 Å². The van der Waals surface area contributed by atoms with E-state index >= 15 is 0 Å². The molecular formula is C15H17N3O4S. The number of aromatic nitrogens is 2. The summed E-state index contributed by atoms with van der Waals surface area (Å²) in [6, 6.07) is 3.24. The van der Waals surface area contributed by atoms with E-state index in [1.165, 1.54) is 0 Å². The van der Waals surface area contributed by atoms with Crippen LogP contribution >= 0.6 is 0 Å². The zero-order valence-electron chi connectivity index (χ0n) is 12.4. The number of carbonyl (C=O) groups excluding carboxylic acids is 1. The summed E-state index contributed by atoms with van der Waals surface area (Å²) in [5.74, 6) is 0.237. The Hall–Kier alpha value is -2.09. The number of aromatic amines is 1. The predicted octanol–water partition coefficient (Wildman–Crippen LogP) is 1.32. The SMILES string of the molecule is O=C(c1cc(-c2ccoc2)n[nH]1)N1CCS(=O)(=O)CC1C1CC1. The summed E-state index contributed by atoms with van der Waals surface area (Å²) in [4.78, 5) is 14.5. The van der Waals surface area contributed by atoms with Gasteiger partial charge >= 0.3 is 0 Å². The number of H-pyrrole nitrogens is 1. The van der Waals surface area contributed by atoms with Gasteiger partial charge < -0.3 is 9.32 Å². The molecule has 2 fully saturated rings. The number of amides is 1. The molecular weight excluding hydrogens is 318 g/mol. The number of sulfone groups is 1. The average Bonchev–Trinajstić information content (AvgIpc) is 3.01. The van der Waals surface area contributed by atoms with Crippen molar-refractivity contribution < 1.29 is 17.6 Å². The summed E-state index contributed by atoms with van der Waals surface area (Å²) in [5.41, 5.74) is 1.81. The molecule has 7 nitrogen and oxygen atoms in total. The van der Waals surface area contributed by atoms with Gasteiger partial charge in [-0.3, -0.25) is 9.89 Å². The third-order valence-electron chi connectivity index (χ3n) is 4.52. The largest absolute Gasteiger partial charge is 0.472 e. The van der Waals surface area contributed by atoms with Crippen LogP contribution in [-0.4, -0.2) is 53.5 Å². The molecule has 0 aromatic carbocycles. The van der Waals surface area contributed by atoms with Gasteiger partial charge in [-0.05, 0) is 30.9 Å². The maximum Gasteiger partial charge on any atom is 0.272 e. The van der Waals surface area contributed by atoms with Crippen LogP contribution in [0, 0.1) is 5.92 Å². The molecule has 3 heterocycles. The molecule has 0 radical (unpaired) electrons. The third kappa shape index (κ3) is 2.78. The second-order valence-electron chi connectivity index (χ2n) is 6.20. The summed E-state index contributed by atoms with van der Waals surface area (Å²) >= 11 is 0. The molecule has 2 aromatic rings. The highest BCUT2D eigenvalue weighted by atomic mass is 32.2. The molecule has 1 aliphatic carbocycles. The highest BCUT2D eigenvalue weighted by Crippen LogP contribution is 2.38. The van der Waals surface area contributed by atoms with E-state index in [-0.39, 0.29) is 30.0 Å². The van der Waals surface area contributed by atoms with Crippen molar-refractivity contribution in [2.45, 2.75) is 18.9 Å². The molecule has 1 amide bonds. The Morgan fingerprint density at radius 1 is 1.39 bits per heavy atom. The fraction of sp³-hybridized carbons (Fsp3) is 0.467. The topological polar surface area (TPSA) is 96.3 Å². The number of hydrogen-bond acceptors (Lipinski definition) is 5. The highest BCUT2D eigenvalue weighted by Gasteiger charge is 2.43. The highest BCUT2D eigenvalue weighted by molar-refractivity contribution is 7.91. The standard InChI is InChI=1S/C15H17N3O4S/c19-15(13-7-12(16-17-13)11-3-5-22-8-11)18-4-6-23(20,21)9-14(18)10-1-2-10/h3,5,7-8,10,14H,1-2,4,6,9H2,(H,16,17). The molecule has 1 saturated carbocycles. The van der Waals surface area contributed by atoms with Crippen molar-refractivity contribution >= 4 is 15.7 Å². The molecule has 1 aliphatic heterocycles. The molecule has 1 atom stereocenters. The van der Waals surface area contributed by atoms with E-state index in [9.17, 15) is 13.2 Å². The molecule has 122 valence electrons. The lowest BCUT2D eigenvalue weighted by Gasteiger charge is -2.35. The van der Waals surface area contributed by atoms with E-state index in [1.807, 2.05) is 0 Å². The Morgan fingerprint density at radius 2 is 2.22 bits per heavy atom. The molecule has 2 aliphatic rings. The normalized spacial score (nSPS) is 23.8. The summed E-state index contributed by atoms with van der Waals surface area (Å²) in [6.45, 7) is 0.252. The van der Waals surface area contributed by atoms with Crippen molar-refractivity contribution in [2.75, 3.05) is 18.1 Å². The van der Waals surface area contributed by atoms with Crippen LogP contribution in [0.2, 0.25) is 0 Å². The minimum Gasteiger partial charge on any atom is -0.472 e. The minimum atomic E-state index is -3.05. The summed E-state index contributed by atoms with van der Waals surface area (Å²) in [6.07, 6.45) is 5.09. The molecule has 8 heteroatoms. The van der Waals surface area contributed by atoms with Gasteiger partial charge in [0.1, 0.15) is 5.69 Å². The Balaban J connectivity index is 1.58. The van der Waals surface area contributed by atoms with Gasteiger partial charge in [-0.2, -0.15) is 5.10 Å². The second kappa shape index (κ2) is 5.23. The summed E-state index contributed by atoms with van der Waals surface area (Å²) < 4.78 is 28.8. The van der Waals surface area contributed by atoms with Crippen molar-refractivity contribution in [1.29, 1.82) is 0 Å². The molecule has 1 N–H and O–H groups in total. The monoisotopic (exact) mass is 335 g/mol. The van der Waals surface area contributed by atoms with E-state index in [4.69, 9.17) is 4.42 Å². The van der Waals surface area contributed by atoms with Crippen molar-refractivity contribution in [2.24, 2.45) is 5.92 Å². The molecule has 0 bridgehead atoms. The molecule has 0 spiro atoms. The van der Waals surface area contributed by atoms with E-state index in [2.05, 4.69) is 10.2 Å². The fourth-order valence-corrected chi connectivity index (χ4v) is 4.72. The van der Waals surface area contributed by atoms with Crippen molar-refractivity contribution in [3.8, 4) is 11.3 Å². The Labute approximate surface area is 133 Å². The van der Waals surface area contributed by atoms with Gasteiger partial charge in [-0.1, -0.05) is 0 Å². The van der Waals surface area contributed by atoms with Crippen LogP contribution in [0.1, 0.15) is 23.3 Å². The van der Waals surface area contributed by atoms with Crippen LogP contribution in [0.3, 0.4) is 0 Å². The zero-order valence-corrected chi connectivity index (χ0v) is 13.3. The third-order valence-corrected chi connectivity index (χ3v) is 6.17. The van der Waals surface area contributed by atoms with Gasteiger partial charge in [0.25, 0.3) is 5.91 Å². The maximum atomic E-state index is 12.8. The molecule has 4 rings (SSSR count). The van der Waals surface area contributed by atoms with Crippen LogP contribution in [0.4, 0.5) is 0 Å². The van der Waals surface area contributed by atoms with Gasteiger partial charge in [0.05, 0.1) is 29.7 Å². The van der Waals surface area contributed by atoms with Crippen LogP contribution < -0.4 is 0 Å². The molecule has 1 unspecified atom stereocenters.